The maximum Gasteiger partial charge on any atom is 0.251 e. The molecule has 2 aliphatic heterocycles. The van der Waals surface area contributed by atoms with Crippen LogP contribution in [0.3, 0.4) is 0 Å². The molecule has 7 heteroatoms. The van der Waals surface area contributed by atoms with Crippen LogP contribution in [0.4, 0.5) is 0 Å². The number of carbonyl (C=O) groups is 1. The molecule has 2 fully saturated rings. The molecular formula is C19H23N5O2. The normalized spacial score (nSPS) is 26.8. The summed E-state index contributed by atoms with van der Waals surface area (Å²) in [4.78, 5) is 27.1. The van der Waals surface area contributed by atoms with Crippen LogP contribution < -0.4 is 0 Å². The van der Waals surface area contributed by atoms with Crippen molar-refractivity contribution in [3.8, 4) is 0 Å². The van der Waals surface area contributed by atoms with Gasteiger partial charge in [0.2, 0.25) is 0 Å². The summed E-state index contributed by atoms with van der Waals surface area (Å²) in [6, 6.07) is 2.03. The molecule has 0 radical (unpaired) electrons. The number of nitrogens with one attached hydrogen (secondary N) is 1. The van der Waals surface area contributed by atoms with E-state index >= 15 is 0 Å². The van der Waals surface area contributed by atoms with Gasteiger partial charge in [0.25, 0.3) is 5.91 Å². The molecule has 136 valence electrons. The monoisotopic (exact) mass is 353 g/mol. The van der Waals surface area contributed by atoms with Crippen molar-refractivity contribution < 1.29 is 9.53 Å². The van der Waals surface area contributed by atoms with Gasteiger partial charge in [-0.25, -0.2) is 9.97 Å². The molecule has 5 heterocycles. The maximum absolute atomic E-state index is 12.8. The zero-order valence-corrected chi connectivity index (χ0v) is 14.9. The second-order valence-corrected chi connectivity index (χ2v) is 7.50. The molecule has 2 aliphatic rings. The lowest BCUT2D eigenvalue weighted by molar-refractivity contribution is -0.142. The van der Waals surface area contributed by atoms with E-state index < -0.39 is 0 Å². The van der Waals surface area contributed by atoms with Gasteiger partial charge in [0.15, 0.2) is 5.65 Å². The number of fused-ring (bicyclic) bond motifs is 3. The van der Waals surface area contributed by atoms with E-state index in [1.54, 1.807) is 0 Å². The summed E-state index contributed by atoms with van der Waals surface area (Å²) in [5.74, 6) is 1.84. The van der Waals surface area contributed by atoms with Crippen LogP contribution >= 0.6 is 0 Å². The van der Waals surface area contributed by atoms with Gasteiger partial charge in [0.1, 0.15) is 11.9 Å². The molecule has 7 nitrogen and oxygen atoms in total. The van der Waals surface area contributed by atoms with Crippen molar-refractivity contribution >= 4 is 22.6 Å². The SMILES string of the molecule is CC1CCN(C(=O)C2CCCO2)CC1c1ncc2cnc3[nH]ccc3n12. The van der Waals surface area contributed by atoms with E-state index in [2.05, 4.69) is 21.3 Å². The number of ether oxygens (including phenoxy) is 1. The summed E-state index contributed by atoms with van der Waals surface area (Å²) in [5, 5.41) is 0. The first-order valence-electron chi connectivity index (χ1n) is 9.42. The molecule has 3 unspecified atom stereocenters. The largest absolute Gasteiger partial charge is 0.368 e. The van der Waals surface area contributed by atoms with Crippen LogP contribution in [0.2, 0.25) is 0 Å². The van der Waals surface area contributed by atoms with Crippen molar-refractivity contribution in [3.05, 3.63) is 30.5 Å². The molecule has 0 aromatic carbocycles. The first kappa shape index (κ1) is 15.8. The molecule has 0 aliphatic carbocycles. The molecule has 5 rings (SSSR count). The van der Waals surface area contributed by atoms with Crippen molar-refractivity contribution in [2.75, 3.05) is 19.7 Å². The number of aromatic amines is 1. The molecule has 0 bridgehead atoms. The number of imidazole rings is 1. The highest BCUT2D eigenvalue weighted by Crippen LogP contribution is 2.33. The highest BCUT2D eigenvalue weighted by Gasteiger charge is 2.36. The van der Waals surface area contributed by atoms with Gasteiger partial charge in [0, 0.05) is 31.8 Å². The van der Waals surface area contributed by atoms with E-state index in [4.69, 9.17) is 9.72 Å². The van der Waals surface area contributed by atoms with Gasteiger partial charge < -0.3 is 14.6 Å². The number of H-pyrrole nitrogens is 1. The Labute approximate surface area is 151 Å². The Morgan fingerprint density at radius 3 is 3.04 bits per heavy atom. The molecule has 26 heavy (non-hydrogen) atoms. The molecular weight excluding hydrogens is 330 g/mol. The van der Waals surface area contributed by atoms with Crippen LogP contribution in [-0.2, 0) is 9.53 Å². The van der Waals surface area contributed by atoms with Crippen molar-refractivity contribution in [1.82, 2.24) is 24.3 Å². The van der Waals surface area contributed by atoms with Gasteiger partial charge in [-0.05, 0) is 31.2 Å². The molecule has 1 amide bonds. The molecule has 3 aromatic rings. The molecule has 0 spiro atoms. The average molecular weight is 353 g/mol. The quantitative estimate of drug-likeness (QED) is 0.767. The van der Waals surface area contributed by atoms with Crippen molar-refractivity contribution in [2.45, 2.75) is 38.2 Å². The Bertz CT molecular complexity index is 955. The lowest BCUT2D eigenvalue weighted by Crippen LogP contribution is -2.46. The maximum atomic E-state index is 12.8. The third-order valence-electron chi connectivity index (χ3n) is 5.89. The molecule has 2 saturated heterocycles. The topological polar surface area (TPSA) is 75.5 Å². The number of aromatic nitrogens is 4. The van der Waals surface area contributed by atoms with E-state index in [0.29, 0.717) is 19.1 Å². The second kappa shape index (κ2) is 6.09. The number of amides is 1. The predicted octanol–water partition coefficient (Wildman–Crippen LogP) is 2.34. The van der Waals surface area contributed by atoms with Gasteiger partial charge >= 0.3 is 0 Å². The number of hydrogen-bond donors (Lipinski definition) is 1. The van der Waals surface area contributed by atoms with Gasteiger partial charge in [-0.15, -0.1) is 0 Å². The highest BCUT2D eigenvalue weighted by molar-refractivity contribution is 5.81. The Balaban J connectivity index is 1.51. The van der Waals surface area contributed by atoms with Crippen LogP contribution in [0, 0.1) is 5.92 Å². The predicted molar refractivity (Wildman–Crippen MR) is 96.9 cm³/mol. The van der Waals surface area contributed by atoms with E-state index in [-0.39, 0.29) is 17.9 Å². The molecule has 0 saturated carbocycles. The third-order valence-corrected chi connectivity index (χ3v) is 5.89. The number of piperidine rings is 1. The standard InChI is InChI=1S/C19H23N5O2/c1-12-5-7-23(19(25)16-3-2-8-26-16)11-14(12)18-22-10-13-9-21-17-15(24(13)18)4-6-20-17/h4,6,9-10,12,14,16,20H,2-3,5,7-8,11H2,1H3. The summed E-state index contributed by atoms with van der Waals surface area (Å²) in [6.45, 7) is 4.47. The first-order valence-corrected chi connectivity index (χ1v) is 9.42. The summed E-state index contributed by atoms with van der Waals surface area (Å²) in [7, 11) is 0. The summed E-state index contributed by atoms with van der Waals surface area (Å²) in [6.07, 6.45) is 8.19. The first-order chi connectivity index (χ1) is 12.7. The van der Waals surface area contributed by atoms with Crippen molar-refractivity contribution in [3.63, 3.8) is 0 Å². The van der Waals surface area contributed by atoms with Crippen molar-refractivity contribution in [2.24, 2.45) is 5.92 Å². The van der Waals surface area contributed by atoms with Crippen LogP contribution in [0.25, 0.3) is 16.7 Å². The van der Waals surface area contributed by atoms with Gasteiger partial charge in [-0.3, -0.25) is 9.20 Å². The minimum Gasteiger partial charge on any atom is -0.368 e. The summed E-state index contributed by atoms with van der Waals surface area (Å²) >= 11 is 0. The third kappa shape index (κ3) is 2.41. The fourth-order valence-electron chi connectivity index (χ4n) is 4.34. The van der Waals surface area contributed by atoms with E-state index in [1.165, 1.54) is 0 Å². The van der Waals surface area contributed by atoms with Gasteiger partial charge in [-0.1, -0.05) is 6.92 Å². The van der Waals surface area contributed by atoms with Gasteiger partial charge in [0.05, 0.1) is 23.4 Å². The molecule has 3 aromatic heterocycles. The fraction of sp³-hybridized carbons (Fsp3) is 0.526. The Morgan fingerprint density at radius 2 is 2.19 bits per heavy atom. The van der Waals surface area contributed by atoms with E-state index in [9.17, 15) is 4.79 Å². The van der Waals surface area contributed by atoms with Crippen molar-refractivity contribution in [1.29, 1.82) is 0 Å². The molecule has 3 atom stereocenters. The zero-order valence-electron chi connectivity index (χ0n) is 14.9. The van der Waals surface area contributed by atoms with Crippen LogP contribution in [-0.4, -0.2) is 56.0 Å². The fourth-order valence-corrected chi connectivity index (χ4v) is 4.34. The van der Waals surface area contributed by atoms with Crippen LogP contribution in [0.1, 0.15) is 37.9 Å². The number of nitrogens with zero attached hydrogens (tertiary/aromatic N) is 4. The van der Waals surface area contributed by atoms with E-state index in [1.807, 2.05) is 29.6 Å². The number of hydrogen-bond acceptors (Lipinski definition) is 4. The Morgan fingerprint density at radius 1 is 1.31 bits per heavy atom. The number of carbonyl (C=O) groups excluding carboxylic acids is 1. The second-order valence-electron chi connectivity index (χ2n) is 7.50. The molecule has 1 N–H and O–H groups in total. The lowest BCUT2D eigenvalue weighted by atomic mass is 9.86. The van der Waals surface area contributed by atoms with Gasteiger partial charge in [-0.2, -0.15) is 0 Å². The van der Waals surface area contributed by atoms with Crippen LogP contribution in [0.15, 0.2) is 24.7 Å². The number of likely N-dealkylation sites (tertiary alicyclic amines) is 1. The minimum absolute atomic E-state index is 0.147. The number of rotatable bonds is 2. The Hall–Kier alpha value is -2.41. The Kier molecular flexibility index (Phi) is 3.70. The summed E-state index contributed by atoms with van der Waals surface area (Å²) in [5.41, 5.74) is 2.87. The van der Waals surface area contributed by atoms with E-state index in [0.717, 1.165) is 48.3 Å². The highest BCUT2D eigenvalue weighted by atomic mass is 16.5. The summed E-state index contributed by atoms with van der Waals surface area (Å²) < 4.78 is 7.79. The smallest absolute Gasteiger partial charge is 0.251 e. The average Bonchev–Trinajstić information content (AvgIpc) is 3.40. The lowest BCUT2D eigenvalue weighted by Gasteiger charge is -2.37. The minimum atomic E-state index is -0.248. The zero-order chi connectivity index (χ0) is 17.7. The van der Waals surface area contributed by atoms with Crippen LogP contribution in [0.5, 0.6) is 0 Å².